The molecule has 1 heterocycles. The lowest BCUT2D eigenvalue weighted by Gasteiger charge is -2.35. The van der Waals surface area contributed by atoms with E-state index in [2.05, 4.69) is 11.4 Å². The van der Waals surface area contributed by atoms with Crippen molar-refractivity contribution < 1.29 is 14.6 Å². The lowest BCUT2D eigenvalue weighted by atomic mass is 9.89. The molecule has 1 aromatic carbocycles. The van der Waals surface area contributed by atoms with Crippen molar-refractivity contribution in [3.63, 3.8) is 0 Å². The second-order valence-electron chi connectivity index (χ2n) is 4.94. The molecule has 4 heteroatoms. The number of carbonyl (C=O) groups is 1. The van der Waals surface area contributed by atoms with Crippen molar-refractivity contribution in [1.82, 2.24) is 0 Å². The Kier molecular flexibility index (Phi) is 3.57. The number of benzene rings is 1. The van der Waals surface area contributed by atoms with E-state index in [0.717, 1.165) is 11.3 Å². The van der Waals surface area contributed by atoms with Crippen LogP contribution in [0.3, 0.4) is 0 Å². The Hall–Kier alpha value is -1.55. The van der Waals surface area contributed by atoms with Gasteiger partial charge in [0.25, 0.3) is 0 Å². The van der Waals surface area contributed by atoms with Gasteiger partial charge >= 0.3 is 5.97 Å². The molecule has 1 fully saturated rings. The first kappa shape index (κ1) is 12.9. The minimum atomic E-state index is -0.891. The van der Waals surface area contributed by atoms with Crippen LogP contribution in [0.4, 0.5) is 5.69 Å². The molecule has 0 saturated carbocycles. The van der Waals surface area contributed by atoms with Crippen LogP contribution in [0.2, 0.25) is 0 Å². The molecule has 2 N–H and O–H groups in total. The Balaban J connectivity index is 2.26. The van der Waals surface area contributed by atoms with Gasteiger partial charge in [0.15, 0.2) is 0 Å². The standard InChI is InChI=1S/C14H19NO3/c1-10-3-4-12(11(2)9-10)15-14(13(16)17)5-7-18-8-6-14/h3-4,9,15H,5-8H2,1-2H3,(H,16,17). The minimum Gasteiger partial charge on any atom is -0.480 e. The number of hydrogen-bond acceptors (Lipinski definition) is 3. The third kappa shape index (κ3) is 2.48. The predicted molar refractivity (Wildman–Crippen MR) is 70.0 cm³/mol. The fourth-order valence-corrected chi connectivity index (χ4v) is 2.32. The molecule has 1 aliphatic rings. The molecular formula is C14H19NO3. The molecule has 0 aromatic heterocycles. The third-order valence-corrected chi connectivity index (χ3v) is 3.51. The van der Waals surface area contributed by atoms with Crippen LogP contribution in [0.5, 0.6) is 0 Å². The highest BCUT2D eigenvalue weighted by atomic mass is 16.5. The topological polar surface area (TPSA) is 58.6 Å². The van der Waals surface area contributed by atoms with Crippen LogP contribution in [0.1, 0.15) is 24.0 Å². The number of aliphatic carboxylic acids is 1. The Morgan fingerprint density at radius 3 is 2.56 bits per heavy atom. The predicted octanol–water partition coefficient (Wildman–Crippen LogP) is 2.35. The quantitative estimate of drug-likeness (QED) is 0.863. The van der Waals surface area contributed by atoms with Crippen LogP contribution in [-0.4, -0.2) is 29.8 Å². The summed E-state index contributed by atoms with van der Waals surface area (Å²) in [5.41, 5.74) is 2.25. The van der Waals surface area contributed by atoms with E-state index in [0.29, 0.717) is 26.1 Å². The van der Waals surface area contributed by atoms with Crippen molar-refractivity contribution in [2.75, 3.05) is 18.5 Å². The first-order chi connectivity index (χ1) is 8.53. The maximum atomic E-state index is 11.5. The molecule has 2 rings (SSSR count). The Morgan fingerprint density at radius 2 is 2.00 bits per heavy atom. The van der Waals surface area contributed by atoms with Crippen molar-refractivity contribution in [3.8, 4) is 0 Å². The SMILES string of the molecule is Cc1ccc(NC2(C(=O)O)CCOCC2)c(C)c1. The van der Waals surface area contributed by atoms with E-state index in [-0.39, 0.29) is 0 Å². The lowest BCUT2D eigenvalue weighted by molar-refractivity contribution is -0.145. The van der Waals surface area contributed by atoms with E-state index < -0.39 is 11.5 Å². The molecule has 18 heavy (non-hydrogen) atoms. The van der Waals surface area contributed by atoms with Gasteiger partial charge in [0.1, 0.15) is 5.54 Å². The van der Waals surface area contributed by atoms with E-state index in [1.54, 1.807) is 0 Å². The van der Waals surface area contributed by atoms with Gasteiger partial charge in [-0.2, -0.15) is 0 Å². The number of hydrogen-bond donors (Lipinski definition) is 2. The Morgan fingerprint density at radius 1 is 1.33 bits per heavy atom. The van der Waals surface area contributed by atoms with E-state index in [4.69, 9.17) is 4.74 Å². The normalized spacial score (nSPS) is 18.3. The molecule has 1 aromatic rings. The second-order valence-corrected chi connectivity index (χ2v) is 4.94. The third-order valence-electron chi connectivity index (χ3n) is 3.51. The first-order valence-corrected chi connectivity index (χ1v) is 6.20. The molecule has 0 spiro atoms. The molecule has 0 aliphatic carbocycles. The fraction of sp³-hybridized carbons (Fsp3) is 0.500. The number of nitrogens with one attached hydrogen (secondary N) is 1. The van der Waals surface area contributed by atoms with Crippen LogP contribution in [-0.2, 0) is 9.53 Å². The summed E-state index contributed by atoms with van der Waals surface area (Å²) in [5, 5.41) is 12.7. The summed E-state index contributed by atoms with van der Waals surface area (Å²) in [7, 11) is 0. The van der Waals surface area contributed by atoms with Crippen LogP contribution in [0, 0.1) is 13.8 Å². The Labute approximate surface area is 107 Å². The van der Waals surface area contributed by atoms with E-state index >= 15 is 0 Å². The zero-order valence-electron chi connectivity index (χ0n) is 10.8. The van der Waals surface area contributed by atoms with Gasteiger partial charge in [-0.3, -0.25) is 0 Å². The molecule has 0 unspecified atom stereocenters. The van der Waals surface area contributed by atoms with Gasteiger partial charge in [-0.1, -0.05) is 17.7 Å². The van der Waals surface area contributed by atoms with Crippen LogP contribution >= 0.6 is 0 Å². The average Bonchev–Trinajstić information content (AvgIpc) is 2.34. The highest BCUT2D eigenvalue weighted by Crippen LogP contribution is 2.28. The molecule has 1 aliphatic heterocycles. The van der Waals surface area contributed by atoms with Gasteiger partial charge in [0, 0.05) is 31.7 Å². The molecule has 0 radical (unpaired) electrons. The van der Waals surface area contributed by atoms with Crippen LogP contribution < -0.4 is 5.32 Å². The van der Waals surface area contributed by atoms with Gasteiger partial charge in [-0.15, -0.1) is 0 Å². The fourth-order valence-electron chi connectivity index (χ4n) is 2.32. The van der Waals surface area contributed by atoms with Crippen LogP contribution in [0.25, 0.3) is 0 Å². The number of aryl methyl sites for hydroxylation is 2. The molecular weight excluding hydrogens is 230 g/mol. The van der Waals surface area contributed by atoms with Crippen LogP contribution in [0.15, 0.2) is 18.2 Å². The van der Waals surface area contributed by atoms with Gasteiger partial charge in [-0.25, -0.2) is 4.79 Å². The Bertz CT molecular complexity index is 450. The van der Waals surface area contributed by atoms with Crippen molar-refractivity contribution in [2.45, 2.75) is 32.2 Å². The number of carboxylic acids is 1. The molecule has 98 valence electrons. The van der Waals surface area contributed by atoms with E-state index in [9.17, 15) is 9.90 Å². The van der Waals surface area contributed by atoms with Crippen molar-refractivity contribution in [1.29, 1.82) is 0 Å². The smallest absolute Gasteiger partial charge is 0.329 e. The summed E-state index contributed by atoms with van der Waals surface area (Å²) in [6, 6.07) is 5.99. The maximum absolute atomic E-state index is 11.5. The van der Waals surface area contributed by atoms with Gasteiger partial charge in [0.2, 0.25) is 0 Å². The van der Waals surface area contributed by atoms with Crippen molar-refractivity contribution in [3.05, 3.63) is 29.3 Å². The summed E-state index contributed by atoms with van der Waals surface area (Å²) >= 11 is 0. The van der Waals surface area contributed by atoms with Gasteiger partial charge in [-0.05, 0) is 25.5 Å². The summed E-state index contributed by atoms with van der Waals surface area (Å²) in [6.07, 6.45) is 0.991. The second kappa shape index (κ2) is 4.98. The highest BCUT2D eigenvalue weighted by molar-refractivity contribution is 5.83. The summed E-state index contributed by atoms with van der Waals surface area (Å²) in [4.78, 5) is 11.5. The largest absolute Gasteiger partial charge is 0.480 e. The van der Waals surface area contributed by atoms with Gasteiger partial charge in [0.05, 0.1) is 0 Å². The average molecular weight is 249 g/mol. The van der Waals surface area contributed by atoms with Crippen molar-refractivity contribution >= 4 is 11.7 Å². The van der Waals surface area contributed by atoms with E-state index in [1.807, 2.05) is 26.0 Å². The minimum absolute atomic E-state index is 0.490. The maximum Gasteiger partial charge on any atom is 0.329 e. The lowest BCUT2D eigenvalue weighted by Crippen LogP contribution is -2.50. The molecule has 0 atom stereocenters. The number of rotatable bonds is 3. The summed E-state index contributed by atoms with van der Waals surface area (Å²) < 4.78 is 5.26. The zero-order valence-corrected chi connectivity index (χ0v) is 10.8. The monoisotopic (exact) mass is 249 g/mol. The number of anilines is 1. The number of ether oxygens (including phenoxy) is 1. The molecule has 4 nitrogen and oxygen atoms in total. The van der Waals surface area contributed by atoms with Crippen molar-refractivity contribution in [2.24, 2.45) is 0 Å². The summed E-state index contributed by atoms with van der Waals surface area (Å²) in [5.74, 6) is -0.800. The molecule has 0 bridgehead atoms. The van der Waals surface area contributed by atoms with E-state index in [1.165, 1.54) is 5.56 Å². The first-order valence-electron chi connectivity index (χ1n) is 6.20. The summed E-state index contributed by atoms with van der Waals surface area (Å²) in [6.45, 7) is 5.00. The van der Waals surface area contributed by atoms with Gasteiger partial charge < -0.3 is 15.2 Å². The number of carboxylic acid groups (broad SMARTS) is 1. The molecule has 0 amide bonds. The molecule has 1 saturated heterocycles. The zero-order chi connectivity index (χ0) is 13.2. The highest BCUT2D eigenvalue weighted by Gasteiger charge is 2.40.